The van der Waals surface area contributed by atoms with Gasteiger partial charge in [-0.05, 0) is 272 Å². The molecule has 0 aromatic heterocycles. The standard InChI is InChI=1S/C45H52F2O5S.C26H38F2O5S.C21H17F3O2S/c1-30-12-14-39(15-13-30)45(37-8-4-2-5-9-37,38-10-6-3-7-11-38)53(49,50)44(46,47)29-51-28-40(42-22-31-16-32(23-42)18-33(17-31)24-42)52-41(48)43-25-34-19-35(26-43)21-36(20-34)27-43;1-34(30,31)26(27,28)15-32-14-22(24-8-16-2-17(9-24)4-18(3-16)10-24)33-23(29)25-11-19-5-20(12-25)7-21(6-19)13-25;1-16-12-14-19(15-13-16)20(17-8-4-2-5-9-17,18-10-6-3-7-11-18)27(25,26)21(22,23)24/h2-15,31-36,40H,16-29H2,1H3;16-22H,2-15H2,1H3;2-15H,1H3. The molecule has 0 N–H and O–H groups in total. The van der Waals surface area contributed by atoms with Gasteiger partial charge in [-0.1, -0.05) is 181 Å². The van der Waals surface area contributed by atoms with Crippen LogP contribution in [0.25, 0.3) is 0 Å². The van der Waals surface area contributed by atoms with Gasteiger partial charge in [0.15, 0.2) is 9.49 Å². The Morgan fingerprint density at radius 1 is 0.342 bits per heavy atom. The van der Waals surface area contributed by atoms with E-state index in [-0.39, 0.29) is 69.4 Å². The monoisotopic (exact) mass is 1630 g/mol. The van der Waals surface area contributed by atoms with Crippen molar-refractivity contribution in [3.63, 3.8) is 0 Å². The van der Waals surface area contributed by atoms with Crippen molar-refractivity contribution in [2.45, 2.75) is 206 Å². The van der Waals surface area contributed by atoms with Gasteiger partial charge in [0.25, 0.3) is 9.84 Å². The molecule has 0 spiro atoms. The molecule has 6 aromatic carbocycles. The summed E-state index contributed by atoms with van der Waals surface area (Å²) in [6, 6.07) is 44.6. The number of ether oxygens (including phenoxy) is 4. The van der Waals surface area contributed by atoms with E-state index in [1.807, 2.05) is 6.92 Å². The second kappa shape index (κ2) is 30.4. The number of rotatable bonds is 24. The van der Waals surface area contributed by atoms with Crippen molar-refractivity contribution in [3.8, 4) is 0 Å². The zero-order valence-corrected chi connectivity index (χ0v) is 67.8. The fraction of sp³-hybridized carbons (Fsp3) is 0.587. The number of hydrogen-bond acceptors (Lipinski definition) is 12. The summed E-state index contributed by atoms with van der Waals surface area (Å²) >= 11 is 0. The number of halogens is 7. The first-order valence-corrected chi connectivity index (χ1v) is 46.4. The maximum atomic E-state index is 17.0. The highest BCUT2D eigenvalue weighted by molar-refractivity contribution is 7.94. The molecule has 16 bridgehead atoms. The molecule has 614 valence electrons. The van der Waals surface area contributed by atoms with Gasteiger partial charge in [-0.3, -0.25) is 9.59 Å². The van der Waals surface area contributed by atoms with Crippen LogP contribution in [0, 0.1) is 107 Å². The van der Waals surface area contributed by atoms with E-state index >= 15 is 8.78 Å². The SMILES string of the molecule is CS(=O)(=O)C(F)(F)COCC(OC(=O)C12CC3CC(CC(C3)C1)C2)C12CC3CC(CC(C3)C1)C2.Cc1ccc(C(c2ccccc2)(c2ccccc2)S(=O)(=O)C(F)(F)COCC(OC(=O)C23CC4CC(CC(C4)C2)C3)C23CC4CC(CC(C4)C2)C3)cc1.Cc1ccc(C(c2ccccc2)(c2ccccc2)S(=O)(=O)C(F)(F)F)cc1. The first-order valence-electron chi connectivity index (χ1n) is 41.5. The van der Waals surface area contributed by atoms with Crippen LogP contribution in [0.1, 0.15) is 199 Å². The van der Waals surface area contributed by atoms with E-state index < -0.39 is 91.3 Å². The van der Waals surface area contributed by atoms with Crippen LogP contribution < -0.4 is 0 Å². The third-order valence-corrected chi connectivity index (χ3v) is 35.5. The second-order valence-electron chi connectivity index (χ2n) is 37.8. The summed E-state index contributed by atoms with van der Waals surface area (Å²) in [4.78, 5) is 28.2. The summed E-state index contributed by atoms with van der Waals surface area (Å²) in [7, 11) is -15.6. The van der Waals surface area contributed by atoms with Crippen molar-refractivity contribution in [3.05, 3.63) is 214 Å². The highest BCUT2D eigenvalue weighted by Crippen LogP contribution is 2.67. The fourth-order valence-corrected chi connectivity index (χ4v) is 30.4. The highest BCUT2D eigenvalue weighted by Gasteiger charge is 2.66. The van der Waals surface area contributed by atoms with E-state index in [1.165, 1.54) is 138 Å². The van der Waals surface area contributed by atoms with Crippen LogP contribution in [0.2, 0.25) is 0 Å². The third kappa shape index (κ3) is 14.7. The van der Waals surface area contributed by atoms with Gasteiger partial charge in [0.1, 0.15) is 25.4 Å². The summed E-state index contributed by atoms with van der Waals surface area (Å²) in [5.41, 5.74) is -4.36. The molecule has 2 atom stereocenters. The topological polar surface area (TPSA) is 173 Å². The third-order valence-electron chi connectivity index (χ3n) is 29.7. The Balaban J connectivity index is 0.000000138. The van der Waals surface area contributed by atoms with E-state index in [9.17, 15) is 56.8 Å². The summed E-state index contributed by atoms with van der Waals surface area (Å²) < 4.78 is 203. The number of hydrogen-bond donors (Lipinski definition) is 0. The smallest absolute Gasteiger partial charge is 0.459 e. The molecular weight excluding hydrogens is 1530 g/mol. The lowest BCUT2D eigenvalue weighted by atomic mass is 9.48. The number of carbonyl (C=O) groups is 2. The molecule has 12 nitrogen and oxygen atoms in total. The van der Waals surface area contributed by atoms with Crippen LogP contribution in [0.15, 0.2) is 170 Å². The molecule has 22 rings (SSSR count). The van der Waals surface area contributed by atoms with Gasteiger partial charge in [-0.2, -0.15) is 30.7 Å². The lowest BCUT2D eigenvalue weighted by molar-refractivity contribution is -0.204. The Morgan fingerprint density at radius 3 is 0.816 bits per heavy atom. The van der Waals surface area contributed by atoms with E-state index in [1.54, 1.807) is 116 Å². The van der Waals surface area contributed by atoms with Crippen LogP contribution in [0.4, 0.5) is 30.7 Å². The van der Waals surface area contributed by atoms with Crippen molar-refractivity contribution in [2.24, 2.45) is 92.7 Å². The molecule has 0 radical (unpaired) electrons. The average molecular weight is 1630 g/mol. The van der Waals surface area contributed by atoms with Gasteiger partial charge < -0.3 is 18.9 Å². The minimum absolute atomic E-state index is 0.0392. The number of alkyl halides is 7. The van der Waals surface area contributed by atoms with E-state index in [0.717, 1.165) is 88.2 Å². The molecule has 0 amide bonds. The lowest BCUT2D eigenvalue weighted by Gasteiger charge is -2.59. The largest absolute Gasteiger partial charge is 0.498 e. The molecule has 22 heteroatoms. The molecule has 2 unspecified atom stereocenters. The van der Waals surface area contributed by atoms with Crippen molar-refractivity contribution in [1.29, 1.82) is 0 Å². The first kappa shape index (κ1) is 81.3. The minimum Gasteiger partial charge on any atom is -0.459 e. The summed E-state index contributed by atoms with van der Waals surface area (Å²) in [5, 5.41) is -8.23. The van der Waals surface area contributed by atoms with Crippen LogP contribution >= 0.6 is 0 Å². The predicted molar refractivity (Wildman–Crippen MR) is 420 cm³/mol. The summed E-state index contributed by atoms with van der Waals surface area (Å²) in [6.45, 7) is 0.765. The Kier molecular flexibility index (Phi) is 21.7. The second-order valence-corrected chi connectivity index (χ2v) is 44.3. The molecular formula is C92H107F7O12S3. The molecule has 16 fully saturated rings. The van der Waals surface area contributed by atoms with Gasteiger partial charge in [-0.25, -0.2) is 25.3 Å². The number of aryl methyl sites for hydroxylation is 2. The van der Waals surface area contributed by atoms with Gasteiger partial charge in [0, 0.05) is 17.1 Å². The van der Waals surface area contributed by atoms with Crippen LogP contribution in [0.3, 0.4) is 0 Å². The molecule has 0 saturated heterocycles. The fourth-order valence-electron chi connectivity index (χ4n) is 26.4. The van der Waals surface area contributed by atoms with Crippen LogP contribution in [-0.2, 0) is 67.5 Å². The maximum absolute atomic E-state index is 17.0. The van der Waals surface area contributed by atoms with Crippen molar-refractivity contribution in [1.82, 2.24) is 0 Å². The number of esters is 2. The van der Waals surface area contributed by atoms with Crippen molar-refractivity contribution in [2.75, 3.05) is 32.7 Å². The van der Waals surface area contributed by atoms with E-state index in [2.05, 4.69) is 0 Å². The summed E-state index contributed by atoms with van der Waals surface area (Å²) in [5.74, 6) is 6.74. The molecule has 16 aliphatic carbocycles. The van der Waals surface area contributed by atoms with Crippen molar-refractivity contribution >= 4 is 41.5 Å². The number of benzene rings is 6. The lowest BCUT2D eigenvalue weighted by Crippen LogP contribution is -2.57. The molecule has 16 aliphatic rings. The Morgan fingerprint density at radius 2 is 0.570 bits per heavy atom. The molecule has 114 heavy (non-hydrogen) atoms. The molecule has 16 saturated carbocycles. The number of carbonyl (C=O) groups excluding carboxylic acids is 2. The average Bonchev–Trinajstić information content (AvgIpc) is 0.706. The highest BCUT2D eigenvalue weighted by atomic mass is 32.2. The van der Waals surface area contributed by atoms with Crippen molar-refractivity contribution < 1.29 is 84.5 Å². The van der Waals surface area contributed by atoms with Crippen LogP contribution in [-0.4, -0.2) is 98.1 Å². The number of sulfone groups is 3. The van der Waals surface area contributed by atoms with E-state index in [0.29, 0.717) is 77.3 Å². The molecule has 0 heterocycles. The first-order chi connectivity index (χ1) is 54.1. The Hall–Kier alpha value is -6.46. The zero-order valence-electron chi connectivity index (χ0n) is 65.3. The predicted octanol–water partition coefficient (Wildman–Crippen LogP) is 19.9. The zero-order chi connectivity index (χ0) is 80.3. The normalized spacial score (nSPS) is 32.2. The molecule has 6 aromatic rings. The summed E-state index contributed by atoms with van der Waals surface area (Å²) in [6.07, 6.45) is 24.7. The Labute approximate surface area is 667 Å². The minimum atomic E-state index is -5.67. The quantitative estimate of drug-likeness (QED) is 0.0319. The van der Waals surface area contributed by atoms with E-state index in [4.69, 9.17) is 18.9 Å². The molecule has 0 aliphatic heterocycles. The van der Waals surface area contributed by atoms with Gasteiger partial charge in [0.05, 0.1) is 24.0 Å². The van der Waals surface area contributed by atoms with Gasteiger partial charge in [-0.15, -0.1) is 0 Å². The Bertz CT molecular complexity index is 4590. The van der Waals surface area contributed by atoms with Crippen LogP contribution in [0.5, 0.6) is 0 Å². The maximum Gasteiger partial charge on any atom is 0.498 e. The van der Waals surface area contributed by atoms with Gasteiger partial charge in [0.2, 0.25) is 19.7 Å². The van der Waals surface area contributed by atoms with Gasteiger partial charge >= 0.3 is 28.0 Å².